The second-order valence-corrected chi connectivity index (χ2v) is 5.83. The number of carbonyl (C=O) groups is 2. The minimum atomic E-state index is -0.908. The standard InChI is InChI=1S/C11H19N3O3S/c12-8-1-3-13(4-2-8)5-10(15)14-7-18-6-9(14)11(16)17/h8-9H,1-7,12H2,(H,16,17)/t9-/m0/s1. The van der Waals surface area contributed by atoms with Crippen molar-refractivity contribution in [2.75, 3.05) is 31.3 Å². The van der Waals surface area contributed by atoms with E-state index in [-0.39, 0.29) is 11.9 Å². The van der Waals surface area contributed by atoms with Gasteiger partial charge in [0.2, 0.25) is 5.91 Å². The number of hydrogen-bond acceptors (Lipinski definition) is 5. The zero-order valence-electron chi connectivity index (χ0n) is 10.2. The van der Waals surface area contributed by atoms with Crippen LogP contribution in [-0.2, 0) is 9.59 Å². The van der Waals surface area contributed by atoms with Crippen molar-refractivity contribution in [1.29, 1.82) is 0 Å². The number of hydrogen-bond donors (Lipinski definition) is 2. The van der Waals surface area contributed by atoms with Crippen molar-refractivity contribution in [3.63, 3.8) is 0 Å². The van der Waals surface area contributed by atoms with Crippen molar-refractivity contribution in [3.05, 3.63) is 0 Å². The molecule has 3 N–H and O–H groups in total. The maximum Gasteiger partial charge on any atom is 0.327 e. The lowest BCUT2D eigenvalue weighted by atomic mass is 10.1. The second kappa shape index (κ2) is 5.90. The summed E-state index contributed by atoms with van der Waals surface area (Å²) in [6, 6.07) is -0.417. The van der Waals surface area contributed by atoms with E-state index in [0.717, 1.165) is 25.9 Å². The van der Waals surface area contributed by atoms with Gasteiger partial charge in [0, 0.05) is 24.9 Å². The molecular weight excluding hydrogens is 254 g/mol. The monoisotopic (exact) mass is 273 g/mol. The van der Waals surface area contributed by atoms with Gasteiger partial charge in [-0.05, 0) is 12.8 Å². The molecule has 6 nitrogen and oxygen atoms in total. The van der Waals surface area contributed by atoms with E-state index in [4.69, 9.17) is 10.8 Å². The summed E-state index contributed by atoms with van der Waals surface area (Å²) in [4.78, 5) is 26.6. The molecule has 2 heterocycles. The summed E-state index contributed by atoms with van der Waals surface area (Å²) in [7, 11) is 0. The number of carboxylic acid groups (broad SMARTS) is 1. The van der Waals surface area contributed by atoms with Crippen LogP contribution in [0.25, 0.3) is 0 Å². The average Bonchev–Trinajstić information content (AvgIpc) is 2.81. The first-order valence-corrected chi connectivity index (χ1v) is 7.31. The van der Waals surface area contributed by atoms with E-state index in [9.17, 15) is 9.59 Å². The molecule has 0 aromatic heterocycles. The Kier molecular flexibility index (Phi) is 4.47. The maximum atomic E-state index is 12.1. The van der Waals surface area contributed by atoms with Crippen LogP contribution in [0.15, 0.2) is 0 Å². The van der Waals surface area contributed by atoms with Crippen LogP contribution in [0.2, 0.25) is 0 Å². The first-order valence-electron chi connectivity index (χ1n) is 6.16. The number of nitrogens with two attached hydrogens (primary N) is 1. The number of piperidine rings is 1. The molecule has 0 aromatic rings. The average molecular weight is 273 g/mol. The number of nitrogens with zero attached hydrogens (tertiary/aromatic N) is 2. The van der Waals surface area contributed by atoms with E-state index >= 15 is 0 Å². The molecule has 2 aliphatic heterocycles. The van der Waals surface area contributed by atoms with Crippen LogP contribution in [0.1, 0.15) is 12.8 Å². The molecular formula is C11H19N3O3S. The Morgan fingerprint density at radius 1 is 1.33 bits per heavy atom. The van der Waals surface area contributed by atoms with E-state index in [1.54, 1.807) is 0 Å². The molecule has 2 saturated heterocycles. The van der Waals surface area contributed by atoms with E-state index < -0.39 is 12.0 Å². The summed E-state index contributed by atoms with van der Waals surface area (Å²) in [6.45, 7) is 1.97. The molecule has 0 bridgehead atoms. The van der Waals surface area contributed by atoms with Crippen molar-refractivity contribution in [2.45, 2.75) is 24.9 Å². The number of carbonyl (C=O) groups excluding carboxylic acids is 1. The number of likely N-dealkylation sites (tertiary alicyclic amines) is 1. The van der Waals surface area contributed by atoms with Gasteiger partial charge in [0.15, 0.2) is 0 Å². The normalized spacial score (nSPS) is 26.5. The summed E-state index contributed by atoms with van der Waals surface area (Å²) in [5.41, 5.74) is 5.81. The Labute approximate surface area is 110 Å². The molecule has 1 atom stereocenters. The highest BCUT2D eigenvalue weighted by atomic mass is 32.2. The Morgan fingerprint density at radius 2 is 2.00 bits per heavy atom. The van der Waals surface area contributed by atoms with E-state index in [2.05, 4.69) is 4.90 Å². The molecule has 0 saturated carbocycles. The third kappa shape index (κ3) is 3.15. The summed E-state index contributed by atoms with van der Waals surface area (Å²) >= 11 is 1.50. The fraction of sp³-hybridized carbons (Fsp3) is 0.818. The molecule has 2 aliphatic rings. The van der Waals surface area contributed by atoms with Crippen molar-refractivity contribution in [3.8, 4) is 0 Å². The van der Waals surface area contributed by atoms with Crippen LogP contribution in [-0.4, -0.2) is 70.1 Å². The van der Waals surface area contributed by atoms with Gasteiger partial charge in [-0.15, -0.1) is 11.8 Å². The fourth-order valence-electron chi connectivity index (χ4n) is 2.29. The largest absolute Gasteiger partial charge is 0.480 e. The highest BCUT2D eigenvalue weighted by Gasteiger charge is 2.35. The smallest absolute Gasteiger partial charge is 0.327 e. The van der Waals surface area contributed by atoms with Crippen LogP contribution in [0.5, 0.6) is 0 Å². The quantitative estimate of drug-likeness (QED) is 0.714. The molecule has 7 heteroatoms. The molecule has 0 aromatic carbocycles. The predicted octanol–water partition coefficient (Wildman–Crippen LogP) is -0.604. The van der Waals surface area contributed by atoms with Crippen LogP contribution < -0.4 is 5.73 Å². The van der Waals surface area contributed by atoms with Gasteiger partial charge in [-0.1, -0.05) is 0 Å². The summed E-state index contributed by atoms with van der Waals surface area (Å²) < 4.78 is 0. The van der Waals surface area contributed by atoms with Crippen LogP contribution in [0.4, 0.5) is 0 Å². The zero-order valence-corrected chi connectivity index (χ0v) is 11.1. The van der Waals surface area contributed by atoms with Gasteiger partial charge in [-0.25, -0.2) is 4.79 Å². The third-order valence-electron chi connectivity index (χ3n) is 3.48. The van der Waals surface area contributed by atoms with Crippen LogP contribution in [0, 0.1) is 0 Å². The number of amides is 1. The maximum absolute atomic E-state index is 12.1. The molecule has 0 spiro atoms. The Morgan fingerprint density at radius 3 is 2.61 bits per heavy atom. The second-order valence-electron chi connectivity index (χ2n) is 4.83. The summed E-state index contributed by atoms with van der Waals surface area (Å²) in [5.74, 6) is -0.00774. The topological polar surface area (TPSA) is 86.9 Å². The van der Waals surface area contributed by atoms with Gasteiger partial charge in [-0.2, -0.15) is 0 Å². The highest BCUT2D eigenvalue weighted by Crippen LogP contribution is 2.21. The molecule has 102 valence electrons. The van der Waals surface area contributed by atoms with Crippen LogP contribution >= 0.6 is 11.8 Å². The molecule has 1 amide bonds. The van der Waals surface area contributed by atoms with Crippen molar-refractivity contribution >= 4 is 23.6 Å². The molecule has 2 rings (SSSR count). The highest BCUT2D eigenvalue weighted by molar-refractivity contribution is 7.99. The van der Waals surface area contributed by atoms with E-state index in [1.807, 2.05) is 0 Å². The molecule has 2 fully saturated rings. The Bertz CT molecular complexity index is 331. The lowest BCUT2D eigenvalue weighted by Gasteiger charge is -2.31. The molecule has 0 aliphatic carbocycles. The lowest BCUT2D eigenvalue weighted by molar-refractivity contribution is -0.148. The SMILES string of the molecule is NC1CCN(CC(=O)N2CSC[C@H]2C(=O)O)CC1. The van der Waals surface area contributed by atoms with Gasteiger partial charge < -0.3 is 15.7 Å². The Balaban J connectivity index is 1.86. The molecule has 0 unspecified atom stereocenters. The fourth-order valence-corrected chi connectivity index (χ4v) is 3.46. The Hall–Kier alpha value is -0.790. The van der Waals surface area contributed by atoms with Gasteiger partial charge in [0.1, 0.15) is 6.04 Å². The number of carboxylic acids is 1. The van der Waals surface area contributed by atoms with Gasteiger partial charge in [0.05, 0.1) is 12.4 Å². The van der Waals surface area contributed by atoms with Crippen molar-refractivity contribution in [1.82, 2.24) is 9.80 Å². The number of aliphatic carboxylic acids is 1. The first-order chi connectivity index (χ1) is 8.58. The third-order valence-corrected chi connectivity index (χ3v) is 4.49. The van der Waals surface area contributed by atoms with Crippen molar-refractivity contribution in [2.24, 2.45) is 5.73 Å². The van der Waals surface area contributed by atoms with Gasteiger partial charge in [-0.3, -0.25) is 9.69 Å². The van der Waals surface area contributed by atoms with E-state index in [1.165, 1.54) is 16.7 Å². The number of rotatable bonds is 3. The number of thioether (sulfide) groups is 1. The zero-order chi connectivity index (χ0) is 13.1. The predicted molar refractivity (Wildman–Crippen MR) is 69.2 cm³/mol. The van der Waals surface area contributed by atoms with Gasteiger partial charge in [0.25, 0.3) is 0 Å². The van der Waals surface area contributed by atoms with Gasteiger partial charge >= 0.3 is 5.97 Å². The minimum Gasteiger partial charge on any atom is -0.480 e. The molecule has 0 radical (unpaired) electrons. The van der Waals surface area contributed by atoms with Crippen LogP contribution in [0.3, 0.4) is 0 Å². The minimum absolute atomic E-state index is 0.0807. The summed E-state index contributed by atoms with van der Waals surface area (Å²) in [6.07, 6.45) is 1.81. The summed E-state index contributed by atoms with van der Waals surface area (Å²) in [5, 5.41) is 9.04. The van der Waals surface area contributed by atoms with E-state index in [0.29, 0.717) is 18.2 Å². The molecule has 18 heavy (non-hydrogen) atoms. The lowest BCUT2D eigenvalue weighted by Crippen LogP contribution is -2.48. The first kappa shape index (κ1) is 13.6. The van der Waals surface area contributed by atoms with Crippen molar-refractivity contribution < 1.29 is 14.7 Å².